The van der Waals surface area contributed by atoms with Crippen LogP contribution in [0.2, 0.25) is 37.8 Å². The van der Waals surface area contributed by atoms with Crippen LogP contribution >= 0.6 is 0 Å². The van der Waals surface area contributed by atoms with E-state index in [2.05, 4.69) is 63.7 Å². The van der Waals surface area contributed by atoms with Crippen molar-refractivity contribution in [2.75, 3.05) is 73.2 Å². The molecular formula is C65H90F4N6O6Si2. The number of urea groups is 2. The van der Waals surface area contributed by atoms with Crippen LogP contribution in [0.5, 0.6) is 0 Å². The Kier molecular flexibility index (Phi) is 20.1. The molecule has 0 spiro atoms. The third-order valence-electron chi connectivity index (χ3n) is 17.8. The fourth-order valence-electron chi connectivity index (χ4n) is 11.8. The Bertz CT molecular complexity index is 2920. The highest BCUT2D eigenvalue weighted by molar-refractivity contribution is 6.74. The summed E-state index contributed by atoms with van der Waals surface area (Å²) >= 11 is 0. The SMILES string of the molecule is CCOC1(O[Si](C)(C)C)CC1.CN(C(=O)N1CC(c2cc(F)ccc2F)=CC1(CO[Si](C)(C)C(C)(C)C)c1ccccc1)C1CCNCC1.CN(C(=O)N1CC(c2cc(F)ccc2F)=C[C@@]1(CO)c1ccccc1)C1CCN(C2CC2)CC1. The first-order chi connectivity index (χ1) is 39.3. The molecule has 4 aliphatic heterocycles. The van der Waals surface area contributed by atoms with Crippen LogP contribution in [0.4, 0.5) is 27.2 Å². The van der Waals surface area contributed by atoms with E-state index in [-0.39, 0.29) is 72.4 Å². The molecular weight excluding hydrogens is 1090 g/mol. The predicted octanol–water partition coefficient (Wildman–Crippen LogP) is 13.0. The third-order valence-corrected chi connectivity index (χ3v) is 23.3. The zero-order valence-corrected chi connectivity index (χ0v) is 52.9. The molecule has 0 bridgehead atoms. The van der Waals surface area contributed by atoms with E-state index in [1.807, 2.05) is 92.7 Å². The van der Waals surface area contributed by atoms with Crippen LogP contribution in [0.15, 0.2) is 109 Å². The lowest BCUT2D eigenvalue weighted by Crippen LogP contribution is -2.57. The molecule has 10 rings (SSSR count). The molecule has 2 aliphatic carbocycles. The van der Waals surface area contributed by atoms with Crippen LogP contribution in [0.25, 0.3) is 11.1 Å². The Morgan fingerprint density at radius 1 is 0.675 bits per heavy atom. The highest BCUT2D eigenvalue weighted by atomic mass is 28.4. The molecule has 2 saturated heterocycles. The first-order valence-electron chi connectivity index (χ1n) is 29.8. The lowest BCUT2D eigenvalue weighted by molar-refractivity contribution is -0.106. The maximum atomic E-state index is 15.0. The summed E-state index contributed by atoms with van der Waals surface area (Å²) in [6.07, 6.45) is 11.9. The van der Waals surface area contributed by atoms with Gasteiger partial charge in [-0.3, -0.25) is 0 Å². The minimum atomic E-state index is -2.22. The number of piperidine rings is 2. The van der Waals surface area contributed by atoms with Gasteiger partial charge in [-0.15, -0.1) is 0 Å². The van der Waals surface area contributed by atoms with Gasteiger partial charge in [-0.1, -0.05) is 81.4 Å². The Hall–Kier alpha value is -5.19. The van der Waals surface area contributed by atoms with E-state index in [0.29, 0.717) is 17.2 Å². The number of aliphatic hydroxyl groups excluding tert-OH is 1. The number of carbonyl (C=O) groups excluding carboxylic acids is 2. The van der Waals surface area contributed by atoms with Crippen molar-refractivity contribution in [2.24, 2.45) is 0 Å². The number of nitrogens with one attached hydrogen (secondary N) is 1. The maximum absolute atomic E-state index is 15.0. The Balaban J connectivity index is 0.000000184. The fraction of sp³-hybridized carbons (Fsp3) is 0.538. The van der Waals surface area contributed by atoms with Gasteiger partial charge in [0, 0.05) is 89.0 Å². The summed E-state index contributed by atoms with van der Waals surface area (Å²) in [4.78, 5) is 37.7. The number of ether oxygens (including phenoxy) is 1. The number of nitrogens with zero attached hydrogens (tertiary/aromatic N) is 5. The van der Waals surface area contributed by atoms with Crippen molar-refractivity contribution in [1.82, 2.24) is 29.8 Å². The molecule has 0 radical (unpaired) electrons. The normalized spacial score (nSPS) is 22.2. The van der Waals surface area contributed by atoms with E-state index < -0.39 is 51.0 Å². The van der Waals surface area contributed by atoms with Crippen LogP contribution in [-0.4, -0.2) is 155 Å². The second kappa shape index (κ2) is 26.2. The van der Waals surface area contributed by atoms with Gasteiger partial charge < -0.3 is 48.5 Å². The Morgan fingerprint density at radius 2 is 1.13 bits per heavy atom. The topological polar surface area (TPSA) is 110 Å². The molecule has 6 aliphatic rings. The van der Waals surface area contributed by atoms with Crippen LogP contribution < -0.4 is 5.32 Å². The highest BCUT2D eigenvalue weighted by Crippen LogP contribution is 2.47. The maximum Gasteiger partial charge on any atom is 0.321 e. The monoisotopic (exact) mass is 1180 g/mol. The van der Waals surface area contributed by atoms with Gasteiger partial charge in [-0.2, -0.15) is 0 Å². The smallest absolute Gasteiger partial charge is 0.321 e. The van der Waals surface area contributed by atoms with Crippen LogP contribution in [0.3, 0.4) is 0 Å². The van der Waals surface area contributed by atoms with Gasteiger partial charge in [0.2, 0.25) is 0 Å². The summed E-state index contributed by atoms with van der Waals surface area (Å²) < 4.78 is 76.2. The zero-order valence-electron chi connectivity index (χ0n) is 50.9. The Labute approximate surface area is 493 Å². The van der Waals surface area contributed by atoms with Crippen LogP contribution in [-0.2, 0) is 24.7 Å². The van der Waals surface area contributed by atoms with E-state index in [1.54, 1.807) is 20.8 Å². The number of hydrogen-bond donors (Lipinski definition) is 2. The van der Waals surface area contributed by atoms with Crippen molar-refractivity contribution in [2.45, 2.75) is 152 Å². The van der Waals surface area contributed by atoms with Crippen molar-refractivity contribution >= 4 is 39.8 Å². The summed E-state index contributed by atoms with van der Waals surface area (Å²) in [5.41, 5.74) is 0.851. The van der Waals surface area contributed by atoms with Crippen molar-refractivity contribution in [1.29, 1.82) is 0 Å². The summed E-state index contributed by atoms with van der Waals surface area (Å²) in [6.45, 7) is 24.1. The number of amides is 4. The average molecular weight is 1180 g/mol. The Morgan fingerprint density at radius 3 is 1.57 bits per heavy atom. The average Bonchev–Trinajstić information content (AvgIpc) is 3.83. The number of halogens is 4. The van der Waals surface area contributed by atoms with Gasteiger partial charge in [-0.25, -0.2) is 27.2 Å². The molecule has 4 fully saturated rings. The summed E-state index contributed by atoms with van der Waals surface area (Å²) in [5, 5.41) is 14.0. The van der Waals surface area contributed by atoms with Crippen molar-refractivity contribution in [3.05, 3.63) is 155 Å². The van der Waals surface area contributed by atoms with Gasteiger partial charge >= 0.3 is 12.1 Å². The van der Waals surface area contributed by atoms with Gasteiger partial charge in [0.25, 0.3) is 0 Å². The van der Waals surface area contributed by atoms with E-state index in [4.69, 9.17) is 13.6 Å². The molecule has 4 aromatic rings. The molecule has 4 heterocycles. The number of hydrogen-bond acceptors (Lipinski definition) is 8. The molecule has 83 heavy (non-hydrogen) atoms. The molecule has 12 nitrogen and oxygen atoms in total. The van der Waals surface area contributed by atoms with Crippen LogP contribution in [0, 0.1) is 23.3 Å². The number of rotatable bonds is 15. The predicted molar refractivity (Wildman–Crippen MR) is 326 cm³/mol. The van der Waals surface area contributed by atoms with Crippen molar-refractivity contribution < 1.29 is 45.8 Å². The van der Waals surface area contributed by atoms with Gasteiger partial charge in [-0.05, 0) is 167 Å². The quantitative estimate of drug-likeness (QED) is 0.0688. The lowest BCUT2D eigenvalue weighted by Gasteiger charge is -2.45. The molecule has 1 unspecified atom stereocenters. The molecule has 4 aromatic carbocycles. The van der Waals surface area contributed by atoms with E-state index in [1.165, 1.54) is 18.9 Å². The lowest BCUT2D eigenvalue weighted by atomic mass is 9.89. The summed E-state index contributed by atoms with van der Waals surface area (Å²) in [6, 6.07) is 26.4. The largest absolute Gasteiger partial charge is 0.414 e. The van der Waals surface area contributed by atoms with Crippen molar-refractivity contribution in [3.8, 4) is 0 Å². The molecule has 2 saturated carbocycles. The number of aliphatic hydroxyl groups is 1. The molecule has 452 valence electrons. The molecule has 18 heteroatoms. The molecule has 0 aromatic heterocycles. The minimum Gasteiger partial charge on any atom is -0.414 e. The first kappa shape index (κ1) is 63.8. The van der Waals surface area contributed by atoms with E-state index in [9.17, 15) is 27.9 Å². The second-order valence-corrected chi connectivity index (χ2v) is 35.1. The minimum absolute atomic E-state index is 0.0363. The zero-order chi connectivity index (χ0) is 60.1. The summed E-state index contributed by atoms with van der Waals surface area (Å²) in [7, 11) is 0.0511. The van der Waals surface area contributed by atoms with E-state index in [0.717, 1.165) is 113 Å². The highest BCUT2D eigenvalue weighted by Gasteiger charge is 2.51. The van der Waals surface area contributed by atoms with Gasteiger partial charge in [0.15, 0.2) is 22.4 Å². The molecule has 2 N–H and O–H groups in total. The summed E-state index contributed by atoms with van der Waals surface area (Å²) in [5.74, 6) is -2.27. The van der Waals surface area contributed by atoms with Gasteiger partial charge in [0.05, 0.1) is 13.2 Å². The number of carbonyl (C=O) groups is 2. The third kappa shape index (κ3) is 14.9. The standard InChI is InChI=1S/C30H41F2N3O2Si.C27H31F2N3O2.C8H18O2Si/c1-29(2,3)38(5,6)37-21-30(23-10-8-7-9-11-23)19-22(26-18-24(31)12-13-27(26)32)20-35(30)28(36)34(4)25-14-16-33-17-15-25;1-30(22-11-13-31(14-12-22)23-8-9-23)26(34)32-17-19(24-15-21(28)7-10-25(24)29)16-27(32,18-33)20-5-3-2-4-6-20;1-5-9-8(6-7-8)10-11(2,3)4/h7-13,18-19,25,33H,14-17,20-21H2,1-6H3;2-7,10,15-16,22-23,33H,8-9,11-14,17-18H2,1H3;5-7H2,1-4H3/t;27-;/m.1./s1. The van der Waals surface area contributed by atoms with Crippen LogP contribution in [0.1, 0.15) is 101 Å². The second-order valence-electron chi connectivity index (χ2n) is 25.9. The van der Waals surface area contributed by atoms with Gasteiger partial charge in [0.1, 0.15) is 34.3 Å². The fourth-order valence-corrected chi connectivity index (χ4v) is 14.2. The number of likely N-dealkylation sites (tertiary alicyclic amines) is 1. The van der Waals surface area contributed by atoms with Crippen molar-refractivity contribution in [3.63, 3.8) is 0 Å². The first-order valence-corrected chi connectivity index (χ1v) is 36.2. The molecule has 2 atom stereocenters. The number of benzene rings is 4. The van der Waals surface area contributed by atoms with E-state index >= 15 is 4.39 Å². The molecule has 4 amide bonds.